The molecule has 3 heterocycles. The summed E-state index contributed by atoms with van der Waals surface area (Å²) in [5, 5.41) is 0. The van der Waals surface area contributed by atoms with Gasteiger partial charge in [0, 0.05) is 24.9 Å². The maximum atomic E-state index is 5.36. The summed E-state index contributed by atoms with van der Waals surface area (Å²) in [6.45, 7) is 4.62. The first-order chi connectivity index (χ1) is 9.31. The lowest BCUT2D eigenvalue weighted by molar-refractivity contribution is 0.265. The Morgan fingerprint density at radius 1 is 1.47 bits per heavy atom. The van der Waals surface area contributed by atoms with Crippen LogP contribution in [0.1, 0.15) is 25.5 Å². The van der Waals surface area contributed by atoms with Crippen molar-refractivity contribution in [1.82, 2.24) is 14.3 Å². The zero-order chi connectivity index (χ0) is 13.2. The van der Waals surface area contributed by atoms with E-state index in [1.54, 1.807) is 7.11 Å². The first-order valence-electron chi connectivity index (χ1n) is 7.06. The van der Waals surface area contributed by atoms with E-state index in [4.69, 9.17) is 9.72 Å². The highest BCUT2D eigenvalue weighted by atomic mass is 16.5. The molecule has 0 aromatic carbocycles. The van der Waals surface area contributed by atoms with Crippen molar-refractivity contribution in [3.8, 4) is 5.75 Å². The van der Waals surface area contributed by atoms with Crippen molar-refractivity contribution in [2.45, 2.75) is 32.2 Å². The van der Waals surface area contributed by atoms with Crippen molar-refractivity contribution in [3.05, 3.63) is 30.2 Å². The SMILES string of the molecule is CCN1CCCC1Cc1cn2cccc(OC)c2n1. The number of hydrogen-bond acceptors (Lipinski definition) is 3. The standard InChI is InChI=1S/C15H21N3O/c1-3-17-8-4-6-13(17)10-12-11-18-9-5-7-14(19-2)15(18)16-12/h5,7,9,11,13H,3-4,6,8,10H2,1-2H3. The maximum absolute atomic E-state index is 5.36. The van der Waals surface area contributed by atoms with Gasteiger partial charge in [-0.3, -0.25) is 0 Å². The summed E-state index contributed by atoms with van der Waals surface area (Å²) in [6, 6.07) is 4.60. The highest BCUT2D eigenvalue weighted by molar-refractivity contribution is 5.54. The monoisotopic (exact) mass is 259 g/mol. The second-order valence-electron chi connectivity index (χ2n) is 5.17. The van der Waals surface area contributed by atoms with Crippen molar-refractivity contribution < 1.29 is 4.74 Å². The number of ether oxygens (including phenoxy) is 1. The van der Waals surface area contributed by atoms with Crippen molar-refractivity contribution >= 4 is 5.65 Å². The zero-order valence-electron chi connectivity index (χ0n) is 11.7. The van der Waals surface area contributed by atoms with Gasteiger partial charge in [0.2, 0.25) is 0 Å². The Morgan fingerprint density at radius 2 is 2.37 bits per heavy atom. The first-order valence-corrected chi connectivity index (χ1v) is 7.06. The summed E-state index contributed by atoms with van der Waals surface area (Å²) in [4.78, 5) is 7.28. The normalized spacial score (nSPS) is 20.2. The Kier molecular flexibility index (Phi) is 3.42. The van der Waals surface area contributed by atoms with E-state index in [0.29, 0.717) is 6.04 Å². The van der Waals surface area contributed by atoms with Gasteiger partial charge >= 0.3 is 0 Å². The molecule has 0 saturated carbocycles. The Labute approximate surface area is 114 Å². The average molecular weight is 259 g/mol. The van der Waals surface area contributed by atoms with E-state index in [9.17, 15) is 0 Å². The molecule has 1 saturated heterocycles. The van der Waals surface area contributed by atoms with Gasteiger partial charge < -0.3 is 14.0 Å². The molecule has 0 radical (unpaired) electrons. The van der Waals surface area contributed by atoms with Crippen molar-refractivity contribution in [2.75, 3.05) is 20.2 Å². The zero-order valence-corrected chi connectivity index (χ0v) is 11.7. The van der Waals surface area contributed by atoms with Crippen molar-refractivity contribution in [1.29, 1.82) is 0 Å². The van der Waals surface area contributed by atoms with E-state index >= 15 is 0 Å². The van der Waals surface area contributed by atoms with Gasteiger partial charge in [-0.15, -0.1) is 0 Å². The molecule has 1 fully saturated rings. The van der Waals surface area contributed by atoms with E-state index in [1.165, 1.54) is 19.4 Å². The molecule has 2 aromatic heterocycles. The third kappa shape index (κ3) is 2.32. The van der Waals surface area contributed by atoms with Gasteiger partial charge in [-0.25, -0.2) is 4.98 Å². The number of methoxy groups -OCH3 is 1. The summed E-state index contributed by atoms with van der Waals surface area (Å²) in [5.41, 5.74) is 2.08. The number of imidazole rings is 1. The molecule has 19 heavy (non-hydrogen) atoms. The molecule has 1 aliphatic heterocycles. The van der Waals surface area contributed by atoms with Crippen LogP contribution in [0.2, 0.25) is 0 Å². The van der Waals surface area contributed by atoms with Gasteiger partial charge in [0.15, 0.2) is 11.4 Å². The number of nitrogens with zero attached hydrogens (tertiary/aromatic N) is 3. The Morgan fingerprint density at radius 3 is 3.16 bits per heavy atom. The van der Waals surface area contributed by atoms with E-state index < -0.39 is 0 Å². The number of fused-ring (bicyclic) bond motifs is 1. The van der Waals surface area contributed by atoms with Crippen LogP contribution in [0.25, 0.3) is 5.65 Å². The molecule has 4 heteroatoms. The van der Waals surface area contributed by atoms with E-state index in [-0.39, 0.29) is 0 Å². The third-order valence-corrected chi connectivity index (χ3v) is 4.07. The summed E-state index contributed by atoms with van der Waals surface area (Å²) in [7, 11) is 1.69. The number of likely N-dealkylation sites (N-methyl/N-ethyl adjacent to an activating group) is 1. The quantitative estimate of drug-likeness (QED) is 0.844. The smallest absolute Gasteiger partial charge is 0.179 e. The molecule has 4 nitrogen and oxygen atoms in total. The third-order valence-electron chi connectivity index (χ3n) is 4.07. The van der Waals surface area contributed by atoms with Gasteiger partial charge in [-0.05, 0) is 38.1 Å². The van der Waals surface area contributed by atoms with Crippen LogP contribution in [-0.4, -0.2) is 40.5 Å². The highest BCUT2D eigenvalue weighted by Crippen LogP contribution is 2.23. The molecule has 102 valence electrons. The first kappa shape index (κ1) is 12.5. The fourth-order valence-electron chi connectivity index (χ4n) is 3.08. The van der Waals surface area contributed by atoms with Crippen molar-refractivity contribution in [3.63, 3.8) is 0 Å². The van der Waals surface area contributed by atoms with E-state index in [2.05, 4.69) is 22.4 Å². The van der Waals surface area contributed by atoms with Crippen LogP contribution in [0.3, 0.4) is 0 Å². The second-order valence-corrected chi connectivity index (χ2v) is 5.17. The van der Waals surface area contributed by atoms with Crippen LogP contribution in [0.15, 0.2) is 24.5 Å². The topological polar surface area (TPSA) is 29.8 Å². The molecule has 1 aliphatic rings. The average Bonchev–Trinajstić information content (AvgIpc) is 3.04. The van der Waals surface area contributed by atoms with E-state index in [1.807, 2.05) is 18.3 Å². The molecule has 3 rings (SSSR count). The van der Waals surface area contributed by atoms with Gasteiger partial charge in [0.05, 0.1) is 12.8 Å². The van der Waals surface area contributed by atoms with Crippen LogP contribution in [0.4, 0.5) is 0 Å². The molecule has 1 atom stereocenters. The summed E-state index contributed by atoms with van der Waals surface area (Å²) in [5.74, 6) is 0.840. The minimum Gasteiger partial charge on any atom is -0.493 e. The molecule has 0 spiro atoms. The highest BCUT2D eigenvalue weighted by Gasteiger charge is 2.24. The lowest BCUT2D eigenvalue weighted by Gasteiger charge is -2.21. The minimum absolute atomic E-state index is 0.654. The number of hydrogen-bond donors (Lipinski definition) is 0. The fraction of sp³-hybridized carbons (Fsp3) is 0.533. The van der Waals surface area contributed by atoms with Gasteiger partial charge in [0.1, 0.15) is 0 Å². The Hall–Kier alpha value is -1.55. The molecule has 2 aromatic rings. The predicted octanol–water partition coefficient (Wildman–Crippen LogP) is 2.37. The van der Waals surface area contributed by atoms with Crippen LogP contribution in [0.5, 0.6) is 5.75 Å². The lowest BCUT2D eigenvalue weighted by atomic mass is 10.1. The van der Waals surface area contributed by atoms with Crippen LogP contribution < -0.4 is 4.74 Å². The summed E-state index contributed by atoms with van der Waals surface area (Å²) < 4.78 is 7.41. The van der Waals surface area contributed by atoms with Crippen LogP contribution in [0, 0.1) is 0 Å². The fourth-order valence-corrected chi connectivity index (χ4v) is 3.08. The number of pyridine rings is 1. The Balaban J connectivity index is 1.85. The van der Waals surface area contributed by atoms with Gasteiger partial charge in [-0.1, -0.05) is 6.92 Å². The number of likely N-dealkylation sites (tertiary alicyclic amines) is 1. The number of rotatable bonds is 4. The predicted molar refractivity (Wildman–Crippen MR) is 75.7 cm³/mol. The molecule has 0 bridgehead atoms. The molecular weight excluding hydrogens is 238 g/mol. The Bertz CT molecular complexity index is 564. The molecular formula is C15H21N3O. The lowest BCUT2D eigenvalue weighted by Crippen LogP contribution is -2.30. The van der Waals surface area contributed by atoms with E-state index in [0.717, 1.165) is 30.1 Å². The molecule has 0 N–H and O–H groups in total. The minimum atomic E-state index is 0.654. The molecule has 0 amide bonds. The van der Waals surface area contributed by atoms with Crippen molar-refractivity contribution in [2.24, 2.45) is 0 Å². The van der Waals surface area contributed by atoms with Crippen LogP contribution in [-0.2, 0) is 6.42 Å². The number of aromatic nitrogens is 2. The largest absolute Gasteiger partial charge is 0.493 e. The van der Waals surface area contributed by atoms with Gasteiger partial charge in [0.25, 0.3) is 0 Å². The summed E-state index contributed by atoms with van der Waals surface area (Å²) in [6.07, 6.45) is 7.80. The second kappa shape index (κ2) is 5.21. The summed E-state index contributed by atoms with van der Waals surface area (Å²) >= 11 is 0. The van der Waals surface area contributed by atoms with Crippen LogP contribution >= 0.6 is 0 Å². The van der Waals surface area contributed by atoms with Gasteiger partial charge in [-0.2, -0.15) is 0 Å². The maximum Gasteiger partial charge on any atom is 0.179 e. The molecule has 1 unspecified atom stereocenters. The molecule has 0 aliphatic carbocycles.